The third kappa shape index (κ3) is 3.46. The van der Waals surface area contributed by atoms with Crippen molar-refractivity contribution in [1.82, 2.24) is 0 Å². The lowest BCUT2D eigenvalue weighted by molar-refractivity contribution is -0.120. The van der Waals surface area contributed by atoms with Gasteiger partial charge in [0.1, 0.15) is 22.9 Å². The molecule has 172 valence electrons. The maximum atomic E-state index is 13.9. The van der Waals surface area contributed by atoms with E-state index in [1.807, 2.05) is 23.1 Å². The van der Waals surface area contributed by atoms with E-state index in [1.165, 1.54) is 19.1 Å². The molecule has 2 amide bonds. The number of imide groups is 1. The van der Waals surface area contributed by atoms with Gasteiger partial charge in [0, 0.05) is 30.4 Å². The number of benzene rings is 3. The summed E-state index contributed by atoms with van der Waals surface area (Å²) in [5.74, 6) is 0.859. The van der Waals surface area contributed by atoms with Crippen LogP contribution in [0.5, 0.6) is 17.2 Å². The second-order valence-electron chi connectivity index (χ2n) is 8.00. The largest absolute Gasteiger partial charge is 0.497 e. The lowest BCUT2D eigenvalue weighted by atomic mass is 10.0. The van der Waals surface area contributed by atoms with Crippen LogP contribution in [0, 0.1) is 0 Å². The van der Waals surface area contributed by atoms with Gasteiger partial charge < -0.3 is 19.1 Å². The molecular formula is C27H24N2O5. The van der Waals surface area contributed by atoms with Crippen LogP contribution in [0.15, 0.2) is 72.4 Å². The molecule has 0 aromatic heterocycles. The zero-order valence-electron chi connectivity index (χ0n) is 19.2. The smallest absolute Gasteiger partial charge is 0.282 e. The lowest BCUT2D eigenvalue weighted by Crippen LogP contribution is -2.34. The van der Waals surface area contributed by atoms with Crippen molar-refractivity contribution in [1.29, 1.82) is 0 Å². The number of fused-ring (bicyclic) bond motifs is 1. The van der Waals surface area contributed by atoms with Gasteiger partial charge in [0.15, 0.2) is 0 Å². The predicted octanol–water partition coefficient (Wildman–Crippen LogP) is 4.06. The van der Waals surface area contributed by atoms with Gasteiger partial charge in [-0.2, -0.15) is 0 Å². The molecule has 0 saturated heterocycles. The Morgan fingerprint density at radius 3 is 2.03 bits per heavy atom. The number of hydrogen-bond acceptors (Lipinski definition) is 6. The van der Waals surface area contributed by atoms with Crippen molar-refractivity contribution in [3.05, 3.63) is 83.6 Å². The van der Waals surface area contributed by atoms with Crippen molar-refractivity contribution >= 4 is 28.8 Å². The van der Waals surface area contributed by atoms with Crippen LogP contribution in [0.3, 0.4) is 0 Å². The summed E-state index contributed by atoms with van der Waals surface area (Å²) in [6.07, 6.45) is 0.796. The Hall–Kier alpha value is -4.26. The molecule has 0 saturated carbocycles. The van der Waals surface area contributed by atoms with Crippen molar-refractivity contribution in [3.8, 4) is 17.2 Å². The second kappa shape index (κ2) is 8.59. The number of methoxy groups -OCH3 is 3. The number of hydrogen-bond donors (Lipinski definition) is 0. The number of amides is 2. The molecule has 0 aliphatic carbocycles. The molecule has 7 nitrogen and oxygen atoms in total. The highest BCUT2D eigenvalue weighted by molar-refractivity contribution is 6.46. The Morgan fingerprint density at radius 1 is 0.735 bits per heavy atom. The maximum Gasteiger partial charge on any atom is 0.282 e. The molecule has 0 radical (unpaired) electrons. The van der Waals surface area contributed by atoms with Gasteiger partial charge in [-0.05, 0) is 35.7 Å². The summed E-state index contributed by atoms with van der Waals surface area (Å²) in [6.45, 7) is 0.614. The average Bonchev–Trinajstić information content (AvgIpc) is 3.41. The number of ether oxygens (including phenoxy) is 3. The molecule has 0 bridgehead atoms. The molecule has 34 heavy (non-hydrogen) atoms. The number of carbonyl (C=O) groups is 2. The summed E-state index contributed by atoms with van der Waals surface area (Å²) >= 11 is 0. The molecule has 2 aliphatic heterocycles. The molecule has 0 N–H and O–H groups in total. The predicted molar refractivity (Wildman–Crippen MR) is 129 cm³/mol. The molecular weight excluding hydrogens is 432 g/mol. The van der Waals surface area contributed by atoms with Crippen LogP contribution >= 0.6 is 0 Å². The minimum absolute atomic E-state index is 0.353. The van der Waals surface area contributed by atoms with Crippen LogP contribution in [0.4, 0.5) is 11.4 Å². The minimum atomic E-state index is -0.398. The zero-order chi connectivity index (χ0) is 23.8. The average molecular weight is 456 g/mol. The number of rotatable bonds is 6. The van der Waals surface area contributed by atoms with Gasteiger partial charge in [-0.15, -0.1) is 0 Å². The van der Waals surface area contributed by atoms with Gasteiger partial charge >= 0.3 is 0 Å². The highest BCUT2D eigenvalue weighted by Gasteiger charge is 2.44. The van der Waals surface area contributed by atoms with E-state index in [9.17, 15) is 9.59 Å². The first kappa shape index (κ1) is 21.6. The van der Waals surface area contributed by atoms with E-state index in [0.717, 1.165) is 17.7 Å². The number of anilines is 2. The summed E-state index contributed by atoms with van der Waals surface area (Å²) in [7, 11) is 4.64. The van der Waals surface area contributed by atoms with E-state index in [1.54, 1.807) is 49.6 Å². The quantitative estimate of drug-likeness (QED) is 0.521. The van der Waals surface area contributed by atoms with Gasteiger partial charge in [-0.3, -0.25) is 9.59 Å². The molecule has 0 atom stereocenters. The van der Waals surface area contributed by atoms with Gasteiger partial charge in [-0.1, -0.05) is 30.3 Å². The Labute approximate surface area is 197 Å². The number of nitrogens with zero attached hydrogens (tertiary/aromatic N) is 2. The van der Waals surface area contributed by atoms with Crippen LogP contribution in [-0.2, 0) is 16.0 Å². The second-order valence-corrected chi connectivity index (χ2v) is 8.00. The molecule has 0 spiro atoms. The van der Waals surface area contributed by atoms with Crippen LogP contribution in [0.2, 0.25) is 0 Å². The van der Waals surface area contributed by atoms with E-state index < -0.39 is 5.91 Å². The summed E-state index contributed by atoms with van der Waals surface area (Å²) in [5, 5.41) is 0. The highest BCUT2D eigenvalue weighted by atomic mass is 16.5. The Balaban J connectivity index is 1.67. The topological polar surface area (TPSA) is 68.3 Å². The van der Waals surface area contributed by atoms with E-state index in [-0.39, 0.29) is 5.91 Å². The lowest BCUT2D eigenvalue weighted by Gasteiger charge is -2.22. The molecule has 2 aliphatic rings. The first-order chi connectivity index (χ1) is 16.5. The SMILES string of the molecule is COc1ccc(C2=C(N3CCc4ccccc43)C(=O)N(c3cc(OC)cc(OC)c3)C2=O)cc1. The zero-order valence-corrected chi connectivity index (χ0v) is 19.2. The van der Waals surface area contributed by atoms with Gasteiger partial charge in [0.2, 0.25) is 0 Å². The molecule has 7 heteroatoms. The minimum Gasteiger partial charge on any atom is -0.497 e. The Bertz CT molecular complexity index is 1290. The van der Waals surface area contributed by atoms with Gasteiger partial charge in [0.25, 0.3) is 11.8 Å². The van der Waals surface area contributed by atoms with Crippen molar-refractivity contribution < 1.29 is 23.8 Å². The van der Waals surface area contributed by atoms with Crippen molar-refractivity contribution in [2.24, 2.45) is 0 Å². The fourth-order valence-electron chi connectivity index (χ4n) is 4.51. The van der Waals surface area contributed by atoms with Crippen molar-refractivity contribution in [2.45, 2.75) is 6.42 Å². The van der Waals surface area contributed by atoms with Crippen LogP contribution < -0.4 is 24.0 Å². The van der Waals surface area contributed by atoms with E-state index in [2.05, 4.69) is 6.07 Å². The summed E-state index contributed by atoms with van der Waals surface area (Å²) < 4.78 is 16.0. The van der Waals surface area contributed by atoms with E-state index in [4.69, 9.17) is 14.2 Å². The molecule has 0 fully saturated rings. The first-order valence-corrected chi connectivity index (χ1v) is 10.9. The Morgan fingerprint density at radius 2 is 1.38 bits per heavy atom. The van der Waals surface area contributed by atoms with E-state index in [0.29, 0.717) is 46.3 Å². The molecule has 3 aromatic carbocycles. The summed E-state index contributed by atoms with van der Waals surface area (Å²) in [4.78, 5) is 30.9. The molecule has 0 unspecified atom stereocenters. The maximum absolute atomic E-state index is 13.9. The van der Waals surface area contributed by atoms with Crippen molar-refractivity contribution in [3.63, 3.8) is 0 Å². The fraction of sp³-hybridized carbons (Fsp3) is 0.185. The fourth-order valence-corrected chi connectivity index (χ4v) is 4.51. The third-order valence-corrected chi connectivity index (χ3v) is 6.19. The first-order valence-electron chi connectivity index (χ1n) is 10.9. The van der Waals surface area contributed by atoms with Crippen LogP contribution in [0.1, 0.15) is 11.1 Å². The molecule has 3 aromatic rings. The van der Waals surface area contributed by atoms with Crippen LogP contribution in [-0.4, -0.2) is 39.7 Å². The normalized spacial score (nSPS) is 15.1. The molecule has 2 heterocycles. The number of para-hydroxylation sites is 1. The van der Waals surface area contributed by atoms with Crippen molar-refractivity contribution in [2.75, 3.05) is 37.7 Å². The summed E-state index contributed by atoms with van der Waals surface area (Å²) in [6, 6.07) is 20.1. The van der Waals surface area contributed by atoms with Gasteiger partial charge in [-0.25, -0.2) is 4.90 Å². The van der Waals surface area contributed by atoms with E-state index >= 15 is 0 Å². The number of carbonyl (C=O) groups excluding carboxylic acids is 2. The molecule has 5 rings (SSSR count). The monoisotopic (exact) mass is 456 g/mol. The highest BCUT2D eigenvalue weighted by Crippen LogP contribution is 2.41. The third-order valence-electron chi connectivity index (χ3n) is 6.19. The van der Waals surface area contributed by atoms with Gasteiger partial charge in [0.05, 0.1) is 32.6 Å². The van der Waals surface area contributed by atoms with Crippen LogP contribution in [0.25, 0.3) is 5.57 Å². The summed E-state index contributed by atoms with van der Waals surface area (Å²) in [5.41, 5.74) is 3.84. The standard InChI is InChI=1S/C27H24N2O5/c1-32-20-10-8-18(9-11-20)24-25(28-13-12-17-6-4-5-7-23(17)28)27(31)29(26(24)30)19-14-21(33-2)16-22(15-19)34-3/h4-11,14-16H,12-13H2,1-3H3. The Kier molecular flexibility index (Phi) is 5.45.